The summed E-state index contributed by atoms with van der Waals surface area (Å²) in [5, 5.41) is 0. The molecule has 0 aliphatic rings. The minimum absolute atomic E-state index is 0.115. The van der Waals surface area contributed by atoms with Gasteiger partial charge in [-0.2, -0.15) is 0 Å². The SMILES string of the molecule is COc1cnc(C=O)c(C(F)F)c1CN. The van der Waals surface area contributed by atoms with Crippen molar-refractivity contribution in [1.82, 2.24) is 4.98 Å². The summed E-state index contributed by atoms with van der Waals surface area (Å²) in [6, 6.07) is 0. The Hall–Kier alpha value is -1.56. The molecule has 6 heteroatoms. The van der Waals surface area contributed by atoms with Gasteiger partial charge in [-0.1, -0.05) is 0 Å². The van der Waals surface area contributed by atoms with Crippen molar-refractivity contribution < 1.29 is 18.3 Å². The van der Waals surface area contributed by atoms with Crippen LogP contribution in [0.1, 0.15) is 28.0 Å². The first-order valence-corrected chi connectivity index (χ1v) is 4.14. The minimum atomic E-state index is -2.80. The normalized spacial score (nSPS) is 10.5. The van der Waals surface area contributed by atoms with Crippen LogP contribution >= 0.6 is 0 Å². The van der Waals surface area contributed by atoms with E-state index in [1.54, 1.807) is 0 Å². The van der Waals surface area contributed by atoms with Crippen molar-refractivity contribution in [2.45, 2.75) is 13.0 Å². The van der Waals surface area contributed by atoms with Gasteiger partial charge < -0.3 is 10.5 Å². The number of alkyl halides is 2. The minimum Gasteiger partial charge on any atom is -0.495 e. The van der Waals surface area contributed by atoms with Gasteiger partial charge in [0.15, 0.2) is 6.29 Å². The van der Waals surface area contributed by atoms with E-state index >= 15 is 0 Å². The summed E-state index contributed by atoms with van der Waals surface area (Å²) in [6.07, 6.45) is -1.32. The molecule has 2 N–H and O–H groups in total. The number of aromatic nitrogens is 1. The lowest BCUT2D eigenvalue weighted by molar-refractivity contribution is 0.110. The number of hydrogen-bond acceptors (Lipinski definition) is 4. The highest BCUT2D eigenvalue weighted by Crippen LogP contribution is 2.30. The highest BCUT2D eigenvalue weighted by Gasteiger charge is 2.21. The van der Waals surface area contributed by atoms with Crippen LogP contribution in [0.15, 0.2) is 6.20 Å². The van der Waals surface area contributed by atoms with Crippen molar-refractivity contribution in [1.29, 1.82) is 0 Å². The van der Waals surface area contributed by atoms with E-state index in [-0.39, 0.29) is 29.8 Å². The molecular formula is C9H10F2N2O2. The average molecular weight is 216 g/mol. The van der Waals surface area contributed by atoms with Crippen molar-refractivity contribution in [3.8, 4) is 5.75 Å². The van der Waals surface area contributed by atoms with Gasteiger partial charge >= 0.3 is 0 Å². The molecule has 0 atom stereocenters. The average Bonchev–Trinajstić information content (AvgIpc) is 2.26. The third-order valence-corrected chi connectivity index (χ3v) is 1.97. The second-order valence-electron chi connectivity index (χ2n) is 2.73. The Morgan fingerprint density at radius 1 is 1.67 bits per heavy atom. The molecular weight excluding hydrogens is 206 g/mol. The van der Waals surface area contributed by atoms with Gasteiger partial charge in [0.2, 0.25) is 0 Å². The monoisotopic (exact) mass is 216 g/mol. The molecule has 1 aromatic heterocycles. The van der Waals surface area contributed by atoms with E-state index in [1.807, 2.05) is 0 Å². The molecule has 0 amide bonds. The quantitative estimate of drug-likeness (QED) is 0.770. The standard InChI is InChI=1S/C9H10F2N2O2/c1-15-7-3-13-6(4-14)8(9(10)11)5(7)2-12/h3-4,9H,2,12H2,1H3. The zero-order valence-electron chi connectivity index (χ0n) is 8.04. The molecule has 0 aromatic carbocycles. The summed E-state index contributed by atoms with van der Waals surface area (Å²) in [7, 11) is 1.33. The molecule has 0 radical (unpaired) electrons. The molecule has 0 saturated carbocycles. The Balaban J connectivity index is 3.44. The number of methoxy groups -OCH3 is 1. The van der Waals surface area contributed by atoms with Crippen LogP contribution in [0.3, 0.4) is 0 Å². The van der Waals surface area contributed by atoms with Gasteiger partial charge in [-0.3, -0.25) is 4.79 Å². The van der Waals surface area contributed by atoms with E-state index in [1.165, 1.54) is 13.3 Å². The first kappa shape index (κ1) is 11.5. The Morgan fingerprint density at radius 2 is 2.33 bits per heavy atom. The first-order chi connectivity index (χ1) is 7.15. The van der Waals surface area contributed by atoms with Crippen LogP contribution in [0, 0.1) is 0 Å². The highest BCUT2D eigenvalue weighted by atomic mass is 19.3. The number of carbonyl (C=O) groups excluding carboxylic acids is 1. The molecule has 1 rings (SSSR count). The number of nitrogens with two attached hydrogens (primary N) is 1. The first-order valence-electron chi connectivity index (χ1n) is 4.14. The number of ether oxygens (including phenoxy) is 1. The van der Waals surface area contributed by atoms with Crippen LogP contribution in [0.2, 0.25) is 0 Å². The van der Waals surface area contributed by atoms with E-state index in [0.717, 1.165) is 0 Å². The maximum absolute atomic E-state index is 12.7. The van der Waals surface area contributed by atoms with E-state index < -0.39 is 12.0 Å². The van der Waals surface area contributed by atoms with Crippen molar-refractivity contribution in [2.75, 3.05) is 7.11 Å². The number of hydrogen-bond donors (Lipinski definition) is 1. The second kappa shape index (κ2) is 4.79. The number of nitrogens with zero attached hydrogens (tertiary/aromatic N) is 1. The molecule has 0 unspecified atom stereocenters. The molecule has 1 heterocycles. The Labute approximate surface area is 85.1 Å². The molecule has 82 valence electrons. The molecule has 1 aromatic rings. The number of halogens is 2. The number of rotatable bonds is 4. The van der Waals surface area contributed by atoms with Crippen LogP contribution in [0.25, 0.3) is 0 Å². The predicted molar refractivity (Wildman–Crippen MR) is 49.0 cm³/mol. The van der Waals surface area contributed by atoms with E-state index in [2.05, 4.69) is 4.98 Å². The lowest BCUT2D eigenvalue weighted by Crippen LogP contribution is -2.09. The van der Waals surface area contributed by atoms with Crippen molar-refractivity contribution >= 4 is 6.29 Å². The molecule has 0 saturated heterocycles. The van der Waals surface area contributed by atoms with Gasteiger partial charge in [0.05, 0.1) is 18.9 Å². The number of pyridine rings is 1. The van der Waals surface area contributed by atoms with Gasteiger partial charge in [0.25, 0.3) is 6.43 Å². The van der Waals surface area contributed by atoms with Gasteiger partial charge in [-0.25, -0.2) is 13.8 Å². The lowest BCUT2D eigenvalue weighted by Gasteiger charge is -2.12. The van der Waals surface area contributed by atoms with Gasteiger partial charge in [0.1, 0.15) is 11.4 Å². The molecule has 0 aliphatic carbocycles. The van der Waals surface area contributed by atoms with Crippen molar-refractivity contribution in [2.24, 2.45) is 5.73 Å². The third-order valence-electron chi connectivity index (χ3n) is 1.97. The Kier molecular flexibility index (Phi) is 3.68. The second-order valence-corrected chi connectivity index (χ2v) is 2.73. The topological polar surface area (TPSA) is 65.2 Å². The summed E-state index contributed by atoms with van der Waals surface area (Å²) in [5.41, 5.74) is 4.69. The van der Waals surface area contributed by atoms with E-state index in [9.17, 15) is 13.6 Å². The smallest absolute Gasteiger partial charge is 0.266 e. The fraction of sp³-hybridized carbons (Fsp3) is 0.333. The zero-order valence-corrected chi connectivity index (χ0v) is 8.04. The molecule has 0 fully saturated rings. The maximum atomic E-state index is 12.7. The highest BCUT2D eigenvalue weighted by molar-refractivity contribution is 5.75. The zero-order chi connectivity index (χ0) is 11.4. The van der Waals surface area contributed by atoms with Crippen LogP contribution in [0.5, 0.6) is 5.75 Å². The van der Waals surface area contributed by atoms with Gasteiger partial charge in [-0.05, 0) is 0 Å². The summed E-state index contributed by atoms with van der Waals surface area (Å²) >= 11 is 0. The summed E-state index contributed by atoms with van der Waals surface area (Å²) in [6.45, 7) is -0.133. The number of aldehydes is 1. The van der Waals surface area contributed by atoms with Crippen molar-refractivity contribution in [3.05, 3.63) is 23.0 Å². The van der Waals surface area contributed by atoms with Crippen LogP contribution in [-0.4, -0.2) is 18.4 Å². The molecule has 0 aliphatic heterocycles. The molecule has 0 bridgehead atoms. The van der Waals surface area contributed by atoms with Crippen molar-refractivity contribution in [3.63, 3.8) is 0 Å². The third kappa shape index (κ3) is 2.10. The summed E-state index contributed by atoms with van der Waals surface area (Å²) in [5.74, 6) is 0.165. The van der Waals surface area contributed by atoms with Crippen LogP contribution < -0.4 is 10.5 Å². The summed E-state index contributed by atoms with van der Waals surface area (Å²) < 4.78 is 30.2. The lowest BCUT2D eigenvalue weighted by atomic mass is 10.1. The van der Waals surface area contributed by atoms with Crippen LogP contribution in [0.4, 0.5) is 8.78 Å². The van der Waals surface area contributed by atoms with E-state index in [0.29, 0.717) is 0 Å². The molecule has 0 spiro atoms. The van der Waals surface area contributed by atoms with Crippen LogP contribution in [-0.2, 0) is 6.54 Å². The maximum Gasteiger partial charge on any atom is 0.266 e. The Morgan fingerprint density at radius 3 is 2.73 bits per heavy atom. The fourth-order valence-electron chi connectivity index (χ4n) is 1.29. The van der Waals surface area contributed by atoms with Gasteiger partial charge in [0, 0.05) is 12.1 Å². The fourth-order valence-corrected chi connectivity index (χ4v) is 1.29. The van der Waals surface area contributed by atoms with Gasteiger partial charge in [-0.15, -0.1) is 0 Å². The molecule has 15 heavy (non-hydrogen) atoms. The van der Waals surface area contributed by atoms with E-state index in [4.69, 9.17) is 10.5 Å². The Bertz CT molecular complexity index is 369. The summed E-state index contributed by atoms with van der Waals surface area (Å²) in [4.78, 5) is 14.1. The largest absolute Gasteiger partial charge is 0.495 e. The number of carbonyl (C=O) groups is 1. The predicted octanol–water partition coefficient (Wildman–Crippen LogP) is 1.30. The molecule has 4 nitrogen and oxygen atoms in total.